The number of carbonyl (C=O) groups excluding carboxylic acids is 1. The van der Waals surface area contributed by atoms with Gasteiger partial charge in [-0.25, -0.2) is 4.79 Å². The van der Waals surface area contributed by atoms with E-state index in [-0.39, 0.29) is 12.6 Å². The molecule has 0 saturated carbocycles. The van der Waals surface area contributed by atoms with Crippen LogP contribution in [0, 0.1) is 5.92 Å². The minimum atomic E-state index is -0.0323. The van der Waals surface area contributed by atoms with Gasteiger partial charge in [0.15, 0.2) is 0 Å². The fraction of sp³-hybridized carbons (Fsp3) is 0.611. The fourth-order valence-corrected chi connectivity index (χ4v) is 2.86. The van der Waals surface area contributed by atoms with Crippen molar-refractivity contribution in [1.82, 2.24) is 4.90 Å². The summed E-state index contributed by atoms with van der Waals surface area (Å²) in [6.07, 6.45) is 6.61. The van der Waals surface area contributed by atoms with Crippen LogP contribution in [-0.2, 0) is 6.42 Å². The van der Waals surface area contributed by atoms with Crippen molar-refractivity contribution in [2.24, 2.45) is 5.92 Å². The molecule has 0 bridgehead atoms. The van der Waals surface area contributed by atoms with E-state index in [1.807, 2.05) is 17.0 Å². The van der Waals surface area contributed by atoms with E-state index in [1.165, 1.54) is 24.8 Å². The number of hydrogen-bond acceptors (Lipinski definition) is 2. The van der Waals surface area contributed by atoms with E-state index in [9.17, 15) is 4.79 Å². The Morgan fingerprint density at radius 2 is 1.91 bits per heavy atom. The number of urea groups is 1. The van der Waals surface area contributed by atoms with Gasteiger partial charge >= 0.3 is 6.03 Å². The van der Waals surface area contributed by atoms with Crippen LogP contribution in [0.15, 0.2) is 24.3 Å². The summed E-state index contributed by atoms with van der Waals surface area (Å²) < 4.78 is 0. The highest BCUT2D eigenvalue weighted by Crippen LogP contribution is 2.18. The van der Waals surface area contributed by atoms with Crippen molar-refractivity contribution in [3.05, 3.63) is 29.8 Å². The Kier molecular flexibility index (Phi) is 6.72. The van der Waals surface area contributed by atoms with E-state index in [2.05, 4.69) is 24.4 Å². The Balaban J connectivity index is 1.79. The summed E-state index contributed by atoms with van der Waals surface area (Å²) in [6.45, 7) is 3.90. The molecule has 22 heavy (non-hydrogen) atoms. The van der Waals surface area contributed by atoms with Gasteiger partial charge in [0, 0.05) is 25.4 Å². The summed E-state index contributed by atoms with van der Waals surface area (Å²) in [6, 6.07) is 8.14. The summed E-state index contributed by atoms with van der Waals surface area (Å²) >= 11 is 0. The minimum absolute atomic E-state index is 0.0323. The average molecular weight is 304 g/mol. The van der Waals surface area contributed by atoms with Crippen molar-refractivity contribution < 1.29 is 9.90 Å². The molecule has 122 valence electrons. The van der Waals surface area contributed by atoms with Crippen LogP contribution in [-0.4, -0.2) is 35.7 Å². The zero-order chi connectivity index (χ0) is 15.8. The number of aryl methyl sites for hydroxylation is 1. The van der Waals surface area contributed by atoms with E-state index in [0.29, 0.717) is 5.92 Å². The number of nitrogens with zero attached hydrogens (tertiary/aromatic N) is 1. The molecule has 1 aromatic carbocycles. The second-order valence-electron chi connectivity index (χ2n) is 6.20. The molecule has 2 amide bonds. The highest BCUT2D eigenvalue weighted by atomic mass is 16.3. The van der Waals surface area contributed by atoms with Crippen LogP contribution in [0.5, 0.6) is 0 Å². The van der Waals surface area contributed by atoms with Crippen LogP contribution in [0.4, 0.5) is 10.5 Å². The SMILES string of the molecule is CCCCCc1ccc(NC(=O)N2CCC(CO)CC2)cc1. The molecule has 1 aromatic rings. The monoisotopic (exact) mass is 304 g/mol. The third-order valence-electron chi connectivity index (χ3n) is 4.43. The van der Waals surface area contributed by atoms with Gasteiger partial charge in [0.1, 0.15) is 0 Å². The summed E-state index contributed by atoms with van der Waals surface area (Å²) in [5.41, 5.74) is 2.18. The Bertz CT molecular complexity index is 451. The van der Waals surface area contributed by atoms with Crippen molar-refractivity contribution in [2.45, 2.75) is 45.4 Å². The average Bonchev–Trinajstić information content (AvgIpc) is 2.57. The molecular weight excluding hydrogens is 276 g/mol. The number of anilines is 1. The number of aliphatic hydroxyl groups is 1. The molecule has 0 aliphatic carbocycles. The van der Waals surface area contributed by atoms with E-state index in [4.69, 9.17) is 5.11 Å². The number of nitrogens with one attached hydrogen (secondary N) is 1. The van der Waals surface area contributed by atoms with Gasteiger partial charge in [-0.15, -0.1) is 0 Å². The lowest BCUT2D eigenvalue weighted by molar-refractivity contribution is 0.143. The van der Waals surface area contributed by atoms with E-state index in [1.54, 1.807) is 0 Å². The van der Waals surface area contributed by atoms with E-state index in [0.717, 1.165) is 38.0 Å². The topological polar surface area (TPSA) is 52.6 Å². The van der Waals surface area contributed by atoms with Crippen molar-refractivity contribution in [3.8, 4) is 0 Å². The first-order chi connectivity index (χ1) is 10.7. The molecule has 0 atom stereocenters. The van der Waals surface area contributed by atoms with Crippen LogP contribution in [0.2, 0.25) is 0 Å². The number of aliphatic hydroxyl groups excluding tert-OH is 1. The molecule has 0 unspecified atom stereocenters. The molecule has 0 radical (unpaired) electrons. The molecule has 1 aliphatic rings. The molecule has 1 fully saturated rings. The Labute approximate surface area is 133 Å². The molecule has 0 spiro atoms. The van der Waals surface area contributed by atoms with Crippen molar-refractivity contribution in [2.75, 3.05) is 25.0 Å². The van der Waals surface area contributed by atoms with Gasteiger partial charge in [0.05, 0.1) is 0 Å². The first-order valence-electron chi connectivity index (χ1n) is 8.48. The Morgan fingerprint density at radius 3 is 2.50 bits per heavy atom. The number of unbranched alkanes of at least 4 members (excludes halogenated alkanes) is 2. The largest absolute Gasteiger partial charge is 0.396 e. The highest BCUT2D eigenvalue weighted by molar-refractivity contribution is 5.89. The van der Waals surface area contributed by atoms with Crippen LogP contribution >= 0.6 is 0 Å². The predicted molar refractivity (Wildman–Crippen MR) is 90.1 cm³/mol. The van der Waals surface area contributed by atoms with Gasteiger partial charge in [-0.05, 0) is 49.3 Å². The lowest BCUT2D eigenvalue weighted by atomic mass is 9.98. The molecule has 4 heteroatoms. The van der Waals surface area contributed by atoms with Crippen LogP contribution in [0.3, 0.4) is 0 Å². The van der Waals surface area contributed by atoms with E-state index >= 15 is 0 Å². The number of hydrogen-bond donors (Lipinski definition) is 2. The second kappa shape index (κ2) is 8.79. The maximum atomic E-state index is 12.2. The van der Waals surface area contributed by atoms with Gasteiger partial charge in [-0.1, -0.05) is 31.9 Å². The predicted octanol–water partition coefficient (Wildman–Crippen LogP) is 3.66. The number of carbonyl (C=O) groups is 1. The third kappa shape index (κ3) is 5.02. The van der Waals surface area contributed by atoms with Crippen molar-refractivity contribution >= 4 is 11.7 Å². The molecule has 2 rings (SSSR count). The zero-order valence-electron chi connectivity index (χ0n) is 13.6. The summed E-state index contributed by atoms with van der Waals surface area (Å²) in [7, 11) is 0. The van der Waals surface area contributed by atoms with Gasteiger partial charge in [-0.3, -0.25) is 0 Å². The lowest BCUT2D eigenvalue weighted by Gasteiger charge is -2.31. The van der Waals surface area contributed by atoms with Crippen molar-refractivity contribution in [1.29, 1.82) is 0 Å². The fourth-order valence-electron chi connectivity index (χ4n) is 2.86. The van der Waals surface area contributed by atoms with Crippen LogP contribution < -0.4 is 5.32 Å². The Hall–Kier alpha value is -1.55. The minimum Gasteiger partial charge on any atom is -0.396 e. The smallest absolute Gasteiger partial charge is 0.321 e. The van der Waals surface area contributed by atoms with Gasteiger partial charge < -0.3 is 15.3 Å². The van der Waals surface area contributed by atoms with Crippen molar-refractivity contribution in [3.63, 3.8) is 0 Å². The highest BCUT2D eigenvalue weighted by Gasteiger charge is 2.22. The molecule has 2 N–H and O–H groups in total. The molecular formula is C18H28N2O2. The zero-order valence-corrected chi connectivity index (χ0v) is 13.6. The van der Waals surface area contributed by atoms with Crippen LogP contribution in [0.1, 0.15) is 44.6 Å². The summed E-state index contributed by atoms with van der Waals surface area (Å²) in [5, 5.41) is 12.1. The van der Waals surface area contributed by atoms with Crippen LogP contribution in [0.25, 0.3) is 0 Å². The first-order valence-corrected chi connectivity index (χ1v) is 8.48. The Morgan fingerprint density at radius 1 is 1.23 bits per heavy atom. The maximum Gasteiger partial charge on any atom is 0.321 e. The first kappa shape index (κ1) is 16.8. The number of amides is 2. The van der Waals surface area contributed by atoms with Gasteiger partial charge in [-0.2, -0.15) is 0 Å². The maximum absolute atomic E-state index is 12.2. The second-order valence-corrected chi connectivity index (χ2v) is 6.20. The molecule has 1 heterocycles. The molecule has 0 aromatic heterocycles. The standard InChI is InChI=1S/C18H28N2O2/c1-2-3-4-5-15-6-8-17(9-7-15)19-18(22)20-12-10-16(14-21)11-13-20/h6-9,16,21H,2-5,10-14H2,1H3,(H,19,22). The number of benzene rings is 1. The summed E-state index contributed by atoms with van der Waals surface area (Å²) in [4.78, 5) is 14.0. The van der Waals surface area contributed by atoms with E-state index < -0.39 is 0 Å². The number of likely N-dealkylation sites (tertiary alicyclic amines) is 1. The molecule has 1 saturated heterocycles. The number of rotatable bonds is 6. The normalized spacial score (nSPS) is 15.8. The third-order valence-corrected chi connectivity index (χ3v) is 4.43. The lowest BCUT2D eigenvalue weighted by Crippen LogP contribution is -2.41. The van der Waals surface area contributed by atoms with Gasteiger partial charge in [0.25, 0.3) is 0 Å². The van der Waals surface area contributed by atoms with Gasteiger partial charge in [0.2, 0.25) is 0 Å². The number of piperidine rings is 1. The quantitative estimate of drug-likeness (QED) is 0.788. The summed E-state index contributed by atoms with van der Waals surface area (Å²) in [5.74, 6) is 0.353. The molecule has 4 nitrogen and oxygen atoms in total. The molecule has 1 aliphatic heterocycles.